The zero-order chi connectivity index (χ0) is 21.8. The van der Waals surface area contributed by atoms with Gasteiger partial charge in [0.05, 0.1) is 28.8 Å². The number of amides is 1. The lowest BCUT2D eigenvalue weighted by atomic mass is 10.1. The Hall–Kier alpha value is -3.71. The van der Waals surface area contributed by atoms with E-state index in [0.29, 0.717) is 17.0 Å². The lowest BCUT2D eigenvalue weighted by Crippen LogP contribution is -2.14. The highest BCUT2D eigenvalue weighted by Crippen LogP contribution is 2.29. The van der Waals surface area contributed by atoms with Gasteiger partial charge in [0.25, 0.3) is 5.91 Å². The number of nitrogens with one attached hydrogen (secondary N) is 1. The van der Waals surface area contributed by atoms with Crippen LogP contribution in [0.2, 0.25) is 0 Å². The van der Waals surface area contributed by atoms with Gasteiger partial charge in [-0.1, -0.05) is 24.3 Å². The van der Waals surface area contributed by atoms with Gasteiger partial charge in [-0.3, -0.25) is 4.79 Å². The van der Waals surface area contributed by atoms with Crippen molar-refractivity contribution in [1.29, 1.82) is 0 Å². The number of hydrogen-bond acceptors (Lipinski definition) is 6. The van der Waals surface area contributed by atoms with Gasteiger partial charge in [-0.05, 0) is 54.3 Å². The number of rotatable bonds is 6. The fraction of sp³-hybridized carbons (Fsp3) is 0.125. The van der Waals surface area contributed by atoms with E-state index in [4.69, 9.17) is 9.72 Å². The van der Waals surface area contributed by atoms with Crippen LogP contribution in [0.15, 0.2) is 66.0 Å². The van der Waals surface area contributed by atoms with Crippen LogP contribution in [-0.4, -0.2) is 30.6 Å². The van der Waals surface area contributed by atoms with Crippen LogP contribution in [0.25, 0.3) is 21.5 Å². The van der Waals surface area contributed by atoms with Gasteiger partial charge >= 0.3 is 5.97 Å². The smallest absolute Gasteiger partial charge is 0.343 e. The predicted molar refractivity (Wildman–Crippen MR) is 122 cm³/mol. The van der Waals surface area contributed by atoms with Crippen LogP contribution in [-0.2, 0) is 9.53 Å². The molecule has 0 radical (unpaired) electrons. The van der Waals surface area contributed by atoms with Crippen LogP contribution in [0.3, 0.4) is 0 Å². The Morgan fingerprint density at radius 2 is 1.90 bits per heavy atom. The molecule has 0 unspecified atom stereocenters. The molecule has 1 N–H and O–H groups in total. The molecule has 7 heteroatoms. The summed E-state index contributed by atoms with van der Waals surface area (Å²) in [6, 6.07) is 18.6. The molecule has 0 bridgehead atoms. The van der Waals surface area contributed by atoms with Crippen LogP contribution in [0.5, 0.6) is 5.75 Å². The molecular formula is C24H20N2O4S. The van der Waals surface area contributed by atoms with Gasteiger partial charge in [-0.2, -0.15) is 0 Å². The summed E-state index contributed by atoms with van der Waals surface area (Å²) in [6.45, 7) is 1.69. The fourth-order valence-corrected chi connectivity index (χ4v) is 3.86. The SMILES string of the molecule is COC(=O)COc1ccc(NC(=O)c2cc(-c3cccs3)nc3ccccc23)c(C)c1. The third-order valence-corrected chi connectivity index (χ3v) is 5.66. The third-order valence-electron chi connectivity index (χ3n) is 4.76. The summed E-state index contributed by atoms with van der Waals surface area (Å²) < 4.78 is 9.98. The van der Waals surface area contributed by atoms with Gasteiger partial charge in [0, 0.05) is 11.1 Å². The molecule has 1 amide bonds. The number of aromatic nitrogens is 1. The number of benzene rings is 2. The molecule has 0 atom stereocenters. The number of esters is 1. The molecule has 0 aliphatic rings. The van der Waals surface area contributed by atoms with Gasteiger partial charge in [-0.25, -0.2) is 9.78 Å². The van der Waals surface area contributed by atoms with E-state index in [2.05, 4.69) is 10.1 Å². The summed E-state index contributed by atoms with van der Waals surface area (Å²) in [5.41, 5.74) is 3.56. The van der Waals surface area contributed by atoms with Crippen molar-refractivity contribution in [2.24, 2.45) is 0 Å². The Bertz CT molecular complexity index is 1250. The molecule has 0 aliphatic carbocycles. The van der Waals surface area contributed by atoms with E-state index in [-0.39, 0.29) is 12.5 Å². The fourth-order valence-electron chi connectivity index (χ4n) is 3.17. The van der Waals surface area contributed by atoms with Crippen LogP contribution in [0.4, 0.5) is 5.69 Å². The number of nitrogens with zero attached hydrogens (tertiary/aromatic N) is 1. The summed E-state index contributed by atoms with van der Waals surface area (Å²) in [5, 5.41) is 5.76. The minimum atomic E-state index is -0.457. The summed E-state index contributed by atoms with van der Waals surface area (Å²) in [5.74, 6) is -0.154. The van der Waals surface area contributed by atoms with E-state index in [1.54, 1.807) is 29.5 Å². The molecule has 156 valence electrons. The number of methoxy groups -OCH3 is 1. The first-order valence-corrected chi connectivity index (χ1v) is 10.5. The summed E-state index contributed by atoms with van der Waals surface area (Å²) in [7, 11) is 1.31. The number of hydrogen-bond donors (Lipinski definition) is 1. The predicted octanol–water partition coefficient (Wildman–Crippen LogP) is 5.08. The van der Waals surface area contributed by atoms with Crippen molar-refractivity contribution >= 4 is 39.8 Å². The second-order valence-corrected chi connectivity index (χ2v) is 7.79. The minimum absolute atomic E-state index is 0.170. The summed E-state index contributed by atoms with van der Waals surface area (Å²) in [6.07, 6.45) is 0. The van der Waals surface area contributed by atoms with E-state index in [1.165, 1.54) is 7.11 Å². The topological polar surface area (TPSA) is 77.5 Å². The Kier molecular flexibility index (Phi) is 5.95. The maximum atomic E-state index is 13.2. The second-order valence-electron chi connectivity index (χ2n) is 6.85. The molecule has 0 saturated heterocycles. The number of thiophene rings is 1. The monoisotopic (exact) mass is 432 g/mol. The molecule has 4 rings (SSSR count). The Morgan fingerprint density at radius 1 is 1.06 bits per heavy atom. The zero-order valence-electron chi connectivity index (χ0n) is 17.0. The molecule has 0 saturated carbocycles. The lowest BCUT2D eigenvalue weighted by Gasteiger charge is -2.13. The van der Waals surface area contributed by atoms with Crippen LogP contribution in [0.1, 0.15) is 15.9 Å². The van der Waals surface area contributed by atoms with Gasteiger partial charge in [0.15, 0.2) is 6.61 Å². The molecule has 2 aromatic carbocycles. The molecule has 0 fully saturated rings. The molecule has 2 aromatic heterocycles. The van der Waals surface area contributed by atoms with E-state index in [0.717, 1.165) is 27.0 Å². The molecule has 4 aromatic rings. The van der Waals surface area contributed by atoms with Crippen molar-refractivity contribution in [2.75, 3.05) is 19.0 Å². The van der Waals surface area contributed by atoms with Crippen molar-refractivity contribution < 1.29 is 19.1 Å². The van der Waals surface area contributed by atoms with Crippen molar-refractivity contribution in [3.63, 3.8) is 0 Å². The maximum absolute atomic E-state index is 13.2. The standard InChI is InChI=1S/C24H20N2O4S/c1-15-12-16(30-14-23(27)29-2)9-10-19(15)26-24(28)18-13-21(22-8-5-11-31-22)25-20-7-4-3-6-17(18)20/h3-13H,14H2,1-2H3,(H,26,28). The van der Waals surface area contributed by atoms with Crippen LogP contribution in [0, 0.1) is 6.92 Å². The van der Waals surface area contributed by atoms with Crippen molar-refractivity contribution in [1.82, 2.24) is 4.98 Å². The number of aryl methyl sites for hydroxylation is 1. The van der Waals surface area contributed by atoms with Crippen molar-refractivity contribution in [3.8, 4) is 16.3 Å². The molecule has 0 aliphatic heterocycles. The van der Waals surface area contributed by atoms with E-state index < -0.39 is 5.97 Å². The number of para-hydroxylation sites is 1. The van der Waals surface area contributed by atoms with E-state index >= 15 is 0 Å². The van der Waals surface area contributed by atoms with Gasteiger partial charge in [-0.15, -0.1) is 11.3 Å². The van der Waals surface area contributed by atoms with Crippen LogP contribution >= 0.6 is 11.3 Å². The van der Waals surface area contributed by atoms with E-state index in [9.17, 15) is 9.59 Å². The van der Waals surface area contributed by atoms with Crippen molar-refractivity contribution in [2.45, 2.75) is 6.92 Å². The number of ether oxygens (including phenoxy) is 2. The average molecular weight is 433 g/mol. The molecule has 31 heavy (non-hydrogen) atoms. The molecular weight excluding hydrogens is 412 g/mol. The van der Waals surface area contributed by atoms with Gasteiger partial charge in [0.1, 0.15) is 5.75 Å². The lowest BCUT2D eigenvalue weighted by molar-refractivity contribution is -0.142. The number of pyridine rings is 1. The normalized spacial score (nSPS) is 10.6. The summed E-state index contributed by atoms with van der Waals surface area (Å²) >= 11 is 1.58. The highest BCUT2D eigenvalue weighted by atomic mass is 32.1. The third kappa shape index (κ3) is 4.57. The van der Waals surface area contributed by atoms with E-state index in [1.807, 2.05) is 54.8 Å². The first-order chi connectivity index (χ1) is 15.0. The Labute approximate surface area is 183 Å². The maximum Gasteiger partial charge on any atom is 0.343 e. The average Bonchev–Trinajstić information content (AvgIpc) is 3.33. The first-order valence-electron chi connectivity index (χ1n) is 9.60. The molecule has 0 spiro atoms. The quantitative estimate of drug-likeness (QED) is 0.430. The zero-order valence-corrected chi connectivity index (χ0v) is 17.9. The minimum Gasteiger partial charge on any atom is -0.482 e. The summed E-state index contributed by atoms with van der Waals surface area (Å²) in [4.78, 5) is 30.2. The first kappa shape index (κ1) is 20.6. The van der Waals surface area contributed by atoms with Crippen LogP contribution < -0.4 is 10.1 Å². The largest absolute Gasteiger partial charge is 0.482 e. The van der Waals surface area contributed by atoms with Gasteiger partial charge in [0.2, 0.25) is 0 Å². The Balaban J connectivity index is 1.62. The molecule has 2 heterocycles. The number of carbonyl (C=O) groups excluding carboxylic acids is 2. The number of carbonyl (C=O) groups is 2. The second kappa shape index (κ2) is 8.97. The molecule has 6 nitrogen and oxygen atoms in total. The Morgan fingerprint density at radius 3 is 2.65 bits per heavy atom. The highest BCUT2D eigenvalue weighted by Gasteiger charge is 2.15. The number of anilines is 1. The highest BCUT2D eigenvalue weighted by molar-refractivity contribution is 7.13. The van der Waals surface area contributed by atoms with Gasteiger partial charge < -0.3 is 14.8 Å². The number of fused-ring (bicyclic) bond motifs is 1. The van der Waals surface area contributed by atoms with Crippen molar-refractivity contribution in [3.05, 3.63) is 77.2 Å².